The van der Waals surface area contributed by atoms with Crippen LogP contribution in [0.2, 0.25) is 5.02 Å². The summed E-state index contributed by atoms with van der Waals surface area (Å²) in [5, 5.41) is 4.39. The fraction of sp³-hybridized carbons (Fsp3) is 0.158. The van der Waals surface area contributed by atoms with Crippen LogP contribution in [-0.4, -0.2) is 18.3 Å². The molecule has 2 aromatic carbocycles. The van der Waals surface area contributed by atoms with Crippen LogP contribution in [0.15, 0.2) is 59.3 Å². The second kappa shape index (κ2) is 7.32. The van der Waals surface area contributed by atoms with Crippen molar-refractivity contribution in [1.29, 1.82) is 0 Å². The number of carbonyl (C=O) groups excluding carboxylic acids is 1. The van der Waals surface area contributed by atoms with Gasteiger partial charge in [0.05, 0.1) is 17.2 Å². The van der Waals surface area contributed by atoms with E-state index in [4.69, 9.17) is 21.2 Å². The van der Waals surface area contributed by atoms with Crippen LogP contribution < -0.4 is 4.74 Å². The molecular weight excluding hydrogens is 326 g/mol. The Labute approximate surface area is 145 Å². The summed E-state index contributed by atoms with van der Waals surface area (Å²) < 4.78 is 5.55. The van der Waals surface area contributed by atoms with Crippen molar-refractivity contribution < 1.29 is 14.4 Å². The summed E-state index contributed by atoms with van der Waals surface area (Å²) in [6, 6.07) is 14.8. The molecule has 1 aliphatic rings. The highest BCUT2D eigenvalue weighted by Crippen LogP contribution is 2.28. The van der Waals surface area contributed by atoms with Crippen LogP contribution in [0.4, 0.5) is 0 Å². The molecule has 0 atom stereocenters. The highest BCUT2D eigenvalue weighted by atomic mass is 35.5. The third-order valence-corrected chi connectivity index (χ3v) is 3.77. The molecule has 0 unspecified atom stereocenters. The van der Waals surface area contributed by atoms with Gasteiger partial charge in [-0.25, -0.2) is 4.79 Å². The lowest BCUT2D eigenvalue weighted by atomic mass is 10.0. The molecule has 0 aromatic heterocycles. The van der Waals surface area contributed by atoms with Crippen molar-refractivity contribution in [2.24, 2.45) is 5.16 Å². The summed E-state index contributed by atoms with van der Waals surface area (Å²) in [5.74, 6) is 0.155. The lowest BCUT2D eigenvalue weighted by Crippen LogP contribution is -2.06. The predicted molar refractivity (Wildman–Crippen MR) is 94.3 cm³/mol. The Hall–Kier alpha value is -2.59. The van der Waals surface area contributed by atoms with Gasteiger partial charge in [0.1, 0.15) is 11.5 Å². The zero-order chi connectivity index (χ0) is 16.9. The first-order chi connectivity index (χ1) is 11.7. The van der Waals surface area contributed by atoms with E-state index in [2.05, 4.69) is 5.16 Å². The van der Waals surface area contributed by atoms with E-state index in [1.807, 2.05) is 43.3 Å². The third kappa shape index (κ3) is 3.49. The van der Waals surface area contributed by atoms with E-state index in [9.17, 15) is 4.79 Å². The number of carbonyl (C=O) groups is 1. The standard InChI is InChI=1S/C19H16ClNO3/c1-2-10-23-17-9-8-13(12-16(17)20)11-15-18(21-24-19(15)22)14-6-4-3-5-7-14/h3-9,11-12H,2,10H2,1H3/b15-11-. The number of hydrogen-bond acceptors (Lipinski definition) is 4. The maximum atomic E-state index is 12.0. The molecule has 0 amide bonds. The van der Waals surface area contributed by atoms with E-state index >= 15 is 0 Å². The molecular formula is C19H16ClNO3. The number of benzene rings is 2. The molecule has 3 rings (SSSR count). The fourth-order valence-corrected chi connectivity index (χ4v) is 2.56. The number of hydrogen-bond donors (Lipinski definition) is 0. The molecule has 0 spiro atoms. The molecule has 4 nitrogen and oxygen atoms in total. The van der Waals surface area contributed by atoms with Crippen LogP contribution in [0.25, 0.3) is 6.08 Å². The van der Waals surface area contributed by atoms with Crippen LogP contribution in [0.3, 0.4) is 0 Å². The maximum absolute atomic E-state index is 12.0. The van der Waals surface area contributed by atoms with Gasteiger partial charge in [0, 0.05) is 5.56 Å². The van der Waals surface area contributed by atoms with E-state index in [-0.39, 0.29) is 0 Å². The van der Waals surface area contributed by atoms with E-state index in [1.165, 1.54) is 0 Å². The molecule has 0 bridgehead atoms. The minimum absolute atomic E-state index is 0.402. The zero-order valence-corrected chi connectivity index (χ0v) is 13.9. The predicted octanol–water partition coefficient (Wildman–Crippen LogP) is 4.47. The van der Waals surface area contributed by atoms with Crippen molar-refractivity contribution in [3.05, 3.63) is 70.3 Å². The van der Waals surface area contributed by atoms with Crippen LogP contribution in [0.5, 0.6) is 5.75 Å². The first-order valence-electron chi connectivity index (χ1n) is 7.68. The van der Waals surface area contributed by atoms with Crippen molar-refractivity contribution >= 4 is 29.4 Å². The largest absolute Gasteiger partial charge is 0.492 e. The lowest BCUT2D eigenvalue weighted by molar-refractivity contribution is -0.136. The molecule has 1 aliphatic heterocycles. The quantitative estimate of drug-likeness (QED) is 0.595. The van der Waals surface area contributed by atoms with Gasteiger partial charge in [0.25, 0.3) is 0 Å². The molecule has 0 fully saturated rings. The molecule has 0 saturated carbocycles. The van der Waals surface area contributed by atoms with E-state index in [0.29, 0.717) is 28.7 Å². The van der Waals surface area contributed by atoms with Crippen molar-refractivity contribution in [2.75, 3.05) is 6.61 Å². The molecule has 2 aromatic rings. The molecule has 0 N–H and O–H groups in total. The van der Waals surface area contributed by atoms with Gasteiger partial charge in [0.15, 0.2) is 0 Å². The van der Waals surface area contributed by atoms with E-state index < -0.39 is 5.97 Å². The van der Waals surface area contributed by atoms with Gasteiger partial charge < -0.3 is 9.57 Å². The summed E-state index contributed by atoms with van der Waals surface area (Å²) in [4.78, 5) is 16.8. The minimum atomic E-state index is -0.476. The third-order valence-electron chi connectivity index (χ3n) is 3.47. The molecule has 5 heteroatoms. The van der Waals surface area contributed by atoms with Gasteiger partial charge in [-0.1, -0.05) is 60.1 Å². The summed E-state index contributed by atoms with van der Waals surface area (Å²) in [6.45, 7) is 2.64. The van der Waals surface area contributed by atoms with Gasteiger partial charge in [-0.05, 0) is 30.2 Å². The molecule has 0 radical (unpaired) electrons. The van der Waals surface area contributed by atoms with Crippen molar-refractivity contribution in [3.63, 3.8) is 0 Å². The molecule has 0 saturated heterocycles. The Balaban J connectivity index is 1.90. The van der Waals surface area contributed by atoms with Crippen LogP contribution in [0.1, 0.15) is 24.5 Å². The smallest absolute Gasteiger partial charge is 0.368 e. The van der Waals surface area contributed by atoms with Gasteiger partial charge in [-0.2, -0.15) is 0 Å². The van der Waals surface area contributed by atoms with Crippen molar-refractivity contribution in [2.45, 2.75) is 13.3 Å². The Morgan fingerprint density at radius 2 is 2.00 bits per heavy atom. The number of nitrogens with zero attached hydrogens (tertiary/aromatic N) is 1. The van der Waals surface area contributed by atoms with Crippen LogP contribution >= 0.6 is 11.6 Å². The molecule has 1 heterocycles. The number of oxime groups is 1. The maximum Gasteiger partial charge on any atom is 0.368 e. The van der Waals surface area contributed by atoms with Gasteiger partial charge in [-0.3, -0.25) is 0 Å². The minimum Gasteiger partial charge on any atom is -0.492 e. The highest BCUT2D eigenvalue weighted by molar-refractivity contribution is 6.33. The Morgan fingerprint density at radius 3 is 2.71 bits per heavy atom. The molecule has 0 aliphatic carbocycles. The second-order valence-corrected chi connectivity index (χ2v) is 5.69. The SMILES string of the molecule is CCCOc1ccc(/C=C2\C(=O)ON=C2c2ccccc2)cc1Cl. The highest BCUT2D eigenvalue weighted by Gasteiger charge is 2.26. The van der Waals surface area contributed by atoms with Crippen LogP contribution in [0, 0.1) is 0 Å². The van der Waals surface area contributed by atoms with Gasteiger partial charge >= 0.3 is 5.97 Å². The first kappa shape index (κ1) is 16.3. The lowest BCUT2D eigenvalue weighted by Gasteiger charge is -2.07. The summed E-state index contributed by atoms with van der Waals surface area (Å²) in [5.41, 5.74) is 2.52. The zero-order valence-electron chi connectivity index (χ0n) is 13.2. The molecule has 122 valence electrons. The van der Waals surface area contributed by atoms with Gasteiger partial charge in [-0.15, -0.1) is 0 Å². The Kier molecular flexibility index (Phi) is 4.96. The van der Waals surface area contributed by atoms with Crippen molar-refractivity contribution in [3.8, 4) is 5.75 Å². The van der Waals surface area contributed by atoms with E-state index in [0.717, 1.165) is 17.5 Å². The number of halogens is 1. The topological polar surface area (TPSA) is 47.9 Å². The average Bonchev–Trinajstić information content (AvgIpc) is 2.96. The number of ether oxygens (including phenoxy) is 1. The van der Waals surface area contributed by atoms with Crippen molar-refractivity contribution in [1.82, 2.24) is 0 Å². The average molecular weight is 342 g/mol. The second-order valence-electron chi connectivity index (χ2n) is 5.28. The Morgan fingerprint density at radius 1 is 1.21 bits per heavy atom. The summed E-state index contributed by atoms with van der Waals surface area (Å²) in [6.07, 6.45) is 2.63. The monoisotopic (exact) mass is 341 g/mol. The summed E-state index contributed by atoms with van der Waals surface area (Å²) in [7, 11) is 0. The summed E-state index contributed by atoms with van der Waals surface area (Å²) >= 11 is 6.24. The first-order valence-corrected chi connectivity index (χ1v) is 8.06. The normalized spacial score (nSPS) is 15.3. The van der Waals surface area contributed by atoms with E-state index in [1.54, 1.807) is 18.2 Å². The number of rotatable bonds is 5. The Bertz CT molecular complexity index is 813. The van der Waals surface area contributed by atoms with Gasteiger partial charge in [0.2, 0.25) is 0 Å². The molecule has 24 heavy (non-hydrogen) atoms. The van der Waals surface area contributed by atoms with Crippen LogP contribution in [-0.2, 0) is 9.63 Å². The fourth-order valence-electron chi connectivity index (χ4n) is 2.32.